The molecule has 0 spiro atoms. The second-order valence-electron chi connectivity index (χ2n) is 4.62. The first-order valence-corrected chi connectivity index (χ1v) is 6.14. The van der Waals surface area contributed by atoms with Crippen LogP contribution in [-0.2, 0) is 0 Å². The van der Waals surface area contributed by atoms with Gasteiger partial charge in [-0.2, -0.15) is 0 Å². The van der Waals surface area contributed by atoms with Gasteiger partial charge in [0.15, 0.2) is 0 Å². The summed E-state index contributed by atoms with van der Waals surface area (Å²) >= 11 is 0. The fourth-order valence-electron chi connectivity index (χ4n) is 2.37. The first kappa shape index (κ1) is 11.6. The second-order valence-corrected chi connectivity index (χ2v) is 4.62. The molecule has 0 bridgehead atoms. The maximum absolute atomic E-state index is 11.1. The zero-order chi connectivity index (χ0) is 14.4. The van der Waals surface area contributed by atoms with Crippen molar-refractivity contribution in [3.05, 3.63) is 42.1 Å². The van der Waals surface area contributed by atoms with E-state index in [0.29, 0.717) is 11.2 Å². The molecule has 2 heterocycles. The highest BCUT2D eigenvalue weighted by Crippen LogP contribution is 2.26. The summed E-state index contributed by atoms with van der Waals surface area (Å²) in [5.74, 6) is -0.956. The summed E-state index contributed by atoms with van der Waals surface area (Å²) in [6, 6.07) is 8.79. The first-order chi connectivity index (χ1) is 10.2. The van der Waals surface area contributed by atoms with Gasteiger partial charge in [0.2, 0.25) is 5.65 Å². The van der Waals surface area contributed by atoms with Crippen LogP contribution in [-0.4, -0.2) is 36.7 Å². The van der Waals surface area contributed by atoms with Crippen LogP contribution in [0, 0.1) is 0 Å². The predicted molar refractivity (Wildman–Crippen MR) is 74.9 cm³/mol. The van der Waals surface area contributed by atoms with Gasteiger partial charge in [-0.05, 0) is 45.5 Å². The van der Waals surface area contributed by atoms with Crippen molar-refractivity contribution < 1.29 is 9.90 Å². The number of carboxylic acid groups (broad SMARTS) is 1. The molecule has 2 aromatic carbocycles. The van der Waals surface area contributed by atoms with Crippen molar-refractivity contribution in [2.45, 2.75) is 0 Å². The number of hydrogen-bond donors (Lipinski definition) is 1. The summed E-state index contributed by atoms with van der Waals surface area (Å²) < 4.78 is 0. The smallest absolute Gasteiger partial charge is 0.335 e. The van der Waals surface area contributed by atoms with Crippen molar-refractivity contribution in [2.24, 2.45) is 0 Å². The normalized spacial score (nSPS) is 11.2. The topological polar surface area (TPSA) is 102 Å². The van der Waals surface area contributed by atoms with Gasteiger partial charge < -0.3 is 5.11 Å². The Kier molecular flexibility index (Phi) is 2.28. The molecule has 0 saturated carbocycles. The summed E-state index contributed by atoms with van der Waals surface area (Å²) in [7, 11) is 0. The maximum atomic E-state index is 11.1. The van der Waals surface area contributed by atoms with E-state index in [2.05, 4.69) is 25.6 Å². The van der Waals surface area contributed by atoms with Crippen LogP contribution >= 0.6 is 0 Å². The SMILES string of the molecule is O=C(O)c1ccc2cc3cnc4nnnnc4c3cc2c1. The molecule has 2 aromatic heterocycles. The van der Waals surface area contributed by atoms with Gasteiger partial charge in [0, 0.05) is 17.0 Å². The molecule has 1 N–H and O–H groups in total. The van der Waals surface area contributed by atoms with Crippen LogP contribution < -0.4 is 0 Å². The molecule has 100 valence electrons. The summed E-state index contributed by atoms with van der Waals surface area (Å²) in [4.78, 5) is 15.3. The molecule has 0 aliphatic carbocycles. The largest absolute Gasteiger partial charge is 0.478 e. The van der Waals surface area contributed by atoms with E-state index < -0.39 is 5.97 Å². The van der Waals surface area contributed by atoms with Crippen molar-refractivity contribution in [3.8, 4) is 0 Å². The highest BCUT2D eigenvalue weighted by Gasteiger charge is 2.08. The number of pyridine rings is 1. The van der Waals surface area contributed by atoms with E-state index in [-0.39, 0.29) is 5.56 Å². The zero-order valence-electron chi connectivity index (χ0n) is 10.6. The number of benzene rings is 2. The van der Waals surface area contributed by atoms with Gasteiger partial charge in [0.05, 0.1) is 5.56 Å². The van der Waals surface area contributed by atoms with Gasteiger partial charge in [-0.1, -0.05) is 6.07 Å². The van der Waals surface area contributed by atoms with E-state index in [4.69, 9.17) is 5.11 Å². The molecule has 0 unspecified atom stereocenters. The molecule has 0 aliphatic heterocycles. The van der Waals surface area contributed by atoms with Crippen LogP contribution in [0.25, 0.3) is 32.7 Å². The highest BCUT2D eigenvalue weighted by atomic mass is 16.4. The summed E-state index contributed by atoms with van der Waals surface area (Å²) in [6.45, 7) is 0. The molecule has 0 amide bonds. The Bertz CT molecular complexity index is 1030. The minimum Gasteiger partial charge on any atom is -0.478 e. The average Bonchev–Trinajstić information content (AvgIpc) is 2.52. The lowest BCUT2D eigenvalue weighted by molar-refractivity contribution is 0.0697. The molecular weight excluding hydrogens is 270 g/mol. The van der Waals surface area contributed by atoms with E-state index in [1.807, 2.05) is 12.1 Å². The number of fused-ring (bicyclic) bond motifs is 4. The van der Waals surface area contributed by atoms with Gasteiger partial charge >= 0.3 is 5.97 Å². The second kappa shape index (κ2) is 4.14. The van der Waals surface area contributed by atoms with Crippen molar-refractivity contribution in [1.29, 1.82) is 0 Å². The highest BCUT2D eigenvalue weighted by molar-refractivity contribution is 6.08. The standard InChI is InChI=1S/C14H7N5O2/c20-14(21)8-2-1-7-3-10-6-15-13-12(16-18-19-17-13)11(10)5-9(7)4-8/h1-6H,(H,20,21). The van der Waals surface area contributed by atoms with Crippen LogP contribution in [0.3, 0.4) is 0 Å². The molecule has 0 saturated heterocycles. The summed E-state index contributed by atoms with van der Waals surface area (Å²) in [6.07, 6.45) is 1.69. The van der Waals surface area contributed by atoms with Gasteiger partial charge in [-0.3, -0.25) is 0 Å². The molecule has 4 aromatic rings. The molecule has 0 radical (unpaired) electrons. The molecular formula is C14H7N5O2. The third-order valence-electron chi connectivity index (χ3n) is 3.37. The number of aromatic nitrogens is 5. The predicted octanol–water partition coefficient (Wildman–Crippen LogP) is 1.82. The van der Waals surface area contributed by atoms with Crippen molar-refractivity contribution >= 4 is 38.7 Å². The fraction of sp³-hybridized carbons (Fsp3) is 0. The zero-order valence-corrected chi connectivity index (χ0v) is 10.6. The molecule has 21 heavy (non-hydrogen) atoms. The fourth-order valence-corrected chi connectivity index (χ4v) is 2.37. The minimum atomic E-state index is -0.956. The number of hydrogen-bond acceptors (Lipinski definition) is 6. The van der Waals surface area contributed by atoms with Crippen molar-refractivity contribution in [3.63, 3.8) is 0 Å². The van der Waals surface area contributed by atoms with Gasteiger partial charge in [0.25, 0.3) is 0 Å². The first-order valence-electron chi connectivity index (χ1n) is 6.14. The van der Waals surface area contributed by atoms with Crippen LogP contribution in [0.2, 0.25) is 0 Å². The monoisotopic (exact) mass is 277 g/mol. The molecule has 7 nitrogen and oxygen atoms in total. The number of carbonyl (C=O) groups is 1. The van der Waals surface area contributed by atoms with E-state index in [1.54, 1.807) is 24.4 Å². The number of nitrogens with zero attached hydrogens (tertiary/aromatic N) is 5. The molecule has 0 aliphatic rings. The Morgan fingerprint density at radius 1 is 0.952 bits per heavy atom. The number of carboxylic acids is 1. The lowest BCUT2D eigenvalue weighted by atomic mass is 10.0. The van der Waals surface area contributed by atoms with Crippen molar-refractivity contribution in [1.82, 2.24) is 25.6 Å². The van der Waals surface area contributed by atoms with E-state index >= 15 is 0 Å². The Hall–Kier alpha value is -3.22. The Morgan fingerprint density at radius 3 is 2.67 bits per heavy atom. The van der Waals surface area contributed by atoms with Crippen LogP contribution in [0.15, 0.2) is 36.5 Å². The summed E-state index contributed by atoms with van der Waals surface area (Å²) in [5, 5.41) is 27.3. The Labute approximate surface area is 117 Å². The third-order valence-corrected chi connectivity index (χ3v) is 3.37. The van der Waals surface area contributed by atoms with Crippen LogP contribution in [0.5, 0.6) is 0 Å². The molecule has 0 fully saturated rings. The van der Waals surface area contributed by atoms with Gasteiger partial charge in [-0.15, -0.1) is 10.2 Å². The summed E-state index contributed by atoms with van der Waals surface area (Å²) in [5.41, 5.74) is 1.20. The minimum absolute atomic E-state index is 0.242. The van der Waals surface area contributed by atoms with E-state index in [0.717, 1.165) is 21.5 Å². The Morgan fingerprint density at radius 2 is 1.81 bits per heavy atom. The van der Waals surface area contributed by atoms with Crippen molar-refractivity contribution in [2.75, 3.05) is 0 Å². The number of aromatic carboxylic acids is 1. The maximum Gasteiger partial charge on any atom is 0.335 e. The van der Waals surface area contributed by atoms with Gasteiger partial charge in [0.1, 0.15) is 5.52 Å². The molecule has 4 rings (SSSR count). The van der Waals surface area contributed by atoms with E-state index in [1.165, 1.54) is 0 Å². The van der Waals surface area contributed by atoms with Crippen LogP contribution in [0.1, 0.15) is 10.4 Å². The lowest BCUT2D eigenvalue weighted by Gasteiger charge is -2.04. The quantitative estimate of drug-likeness (QED) is 0.418. The average molecular weight is 277 g/mol. The third kappa shape index (κ3) is 1.75. The van der Waals surface area contributed by atoms with Gasteiger partial charge in [-0.25, -0.2) is 9.78 Å². The molecule has 7 heteroatoms. The Balaban J connectivity index is 2.14. The molecule has 0 atom stereocenters. The lowest BCUT2D eigenvalue weighted by Crippen LogP contribution is -1.96. The van der Waals surface area contributed by atoms with E-state index in [9.17, 15) is 4.79 Å². The van der Waals surface area contributed by atoms with Crippen LogP contribution in [0.4, 0.5) is 0 Å². The number of rotatable bonds is 1.